The minimum Gasteiger partial charge on any atom is -0.359 e. The quantitative estimate of drug-likeness (QED) is 0.697. The van der Waals surface area contributed by atoms with Crippen LogP contribution in [-0.4, -0.2) is 39.1 Å². The van der Waals surface area contributed by atoms with Crippen LogP contribution in [0.2, 0.25) is 0 Å². The van der Waals surface area contributed by atoms with Crippen LogP contribution in [0.15, 0.2) is 34.9 Å². The van der Waals surface area contributed by atoms with Crippen LogP contribution in [-0.2, 0) is 6.54 Å². The summed E-state index contributed by atoms with van der Waals surface area (Å²) in [5.74, 6) is 1.44. The number of fused-ring (bicyclic) bond motifs is 1. The van der Waals surface area contributed by atoms with E-state index in [1.807, 2.05) is 31.2 Å². The summed E-state index contributed by atoms with van der Waals surface area (Å²) in [6, 6.07) is 9.68. The third kappa shape index (κ3) is 3.18. The standard InChI is InChI=1S/C18H22N4O2/c1-4-5-10-21(3)18(23)16-11-14(24-20-16)12-22-13(2)19-15-8-6-7-9-17(15)22/h6-9,11H,4-5,10,12H2,1-3H3. The second-order valence-corrected chi connectivity index (χ2v) is 5.99. The molecule has 0 saturated carbocycles. The average Bonchev–Trinajstić information content (AvgIpc) is 3.17. The van der Waals surface area contributed by atoms with Crippen LogP contribution in [0.1, 0.15) is 41.8 Å². The molecule has 6 nitrogen and oxygen atoms in total. The van der Waals surface area contributed by atoms with Crippen LogP contribution < -0.4 is 0 Å². The van der Waals surface area contributed by atoms with Gasteiger partial charge in [-0.1, -0.05) is 30.6 Å². The molecule has 0 N–H and O–H groups in total. The summed E-state index contributed by atoms with van der Waals surface area (Å²) in [5.41, 5.74) is 2.34. The van der Waals surface area contributed by atoms with Crippen molar-refractivity contribution in [1.82, 2.24) is 19.6 Å². The summed E-state index contributed by atoms with van der Waals surface area (Å²) < 4.78 is 7.43. The first-order valence-corrected chi connectivity index (χ1v) is 8.23. The Bertz CT molecular complexity index is 850. The highest BCUT2D eigenvalue weighted by Crippen LogP contribution is 2.18. The maximum absolute atomic E-state index is 12.3. The normalized spacial score (nSPS) is 11.1. The molecule has 0 bridgehead atoms. The van der Waals surface area contributed by atoms with Crippen molar-refractivity contribution in [2.75, 3.05) is 13.6 Å². The molecule has 1 aromatic carbocycles. The monoisotopic (exact) mass is 326 g/mol. The number of amides is 1. The summed E-state index contributed by atoms with van der Waals surface area (Å²) in [5, 5.41) is 3.94. The molecule has 0 unspecified atom stereocenters. The lowest BCUT2D eigenvalue weighted by atomic mass is 10.3. The van der Waals surface area contributed by atoms with E-state index < -0.39 is 0 Å². The lowest BCUT2D eigenvalue weighted by Crippen LogP contribution is -2.27. The van der Waals surface area contributed by atoms with Gasteiger partial charge >= 0.3 is 0 Å². The van der Waals surface area contributed by atoms with E-state index in [4.69, 9.17) is 4.52 Å². The van der Waals surface area contributed by atoms with Gasteiger partial charge in [0.1, 0.15) is 5.82 Å². The Morgan fingerprint density at radius 2 is 2.12 bits per heavy atom. The Balaban J connectivity index is 1.78. The number of hydrogen-bond acceptors (Lipinski definition) is 4. The van der Waals surface area contributed by atoms with Crippen molar-refractivity contribution in [2.45, 2.75) is 33.2 Å². The third-order valence-electron chi connectivity index (χ3n) is 4.13. The van der Waals surface area contributed by atoms with Gasteiger partial charge in [-0.15, -0.1) is 0 Å². The first kappa shape index (κ1) is 16.2. The summed E-state index contributed by atoms with van der Waals surface area (Å²) >= 11 is 0. The molecular formula is C18H22N4O2. The van der Waals surface area contributed by atoms with Gasteiger partial charge in [-0.05, 0) is 25.5 Å². The average molecular weight is 326 g/mol. The summed E-state index contributed by atoms with van der Waals surface area (Å²) in [4.78, 5) is 18.6. The second-order valence-electron chi connectivity index (χ2n) is 5.99. The Labute approximate surface area is 141 Å². The number of nitrogens with zero attached hydrogens (tertiary/aromatic N) is 4. The molecule has 3 aromatic rings. The number of hydrogen-bond donors (Lipinski definition) is 0. The molecule has 0 radical (unpaired) electrons. The van der Waals surface area contributed by atoms with Crippen LogP contribution in [0.3, 0.4) is 0 Å². The lowest BCUT2D eigenvalue weighted by molar-refractivity contribution is 0.0783. The van der Waals surface area contributed by atoms with Crippen molar-refractivity contribution < 1.29 is 9.32 Å². The number of para-hydroxylation sites is 2. The van der Waals surface area contributed by atoms with E-state index in [9.17, 15) is 4.79 Å². The lowest BCUT2D eigenvalue weighted by Gasteiger charge is -2.14. The largest absolute Gasteiger partial charge is 0.359 e. The molecule has 0 spiro atoms. The Morgan fingerprint density at radius 1 is 1.33 bits per heavy atom. The van der Waals surface area contributed by atoms with Crippen molar-refractivity contribution in [2.24, 2.45) is 0 Å². The summed E-state index contributed by atoms with van der Waals surface area (Å²) in [6.07, 6.45) is 2.03. The SMILES string of the molecule is CCCCN(C)C(=O)c1cc(Cn2c(C)nc3ccccc32)on1. The van der Waals surface area contributed by atoms with Gasteiger partial charge in [0.15, 0.2) is 11.5 Å². The van der Waals surface area contributed by atoms with Crippen LogP contribution in [0.5, 0.6) is 0 Å². The van der Waals surface area contributed by atoms with Crippen molar-refractivity contribution in [1.29, 1.82) is 0 Å². The van der Waals surface area contributed by atoms with E-state index >= 15 is 0 Å². The molecule has 126 valence electrons. The van der Waals surface area contributed by atoms with Gasteiger partial charge in [0.2, 0.25) is 0 Å². The third-order valence-corrected chi connectivity index (χ3v) is 4.13. The molecule has 0 aliphatic heterocycles. The van der Waals surface area contributed by atoms with Crippen molar-refractivity contribution >= 4 is 16.9 Å². The van der Waals surface area contributed by atoms with E-state index in [-0.39, 0.29) is 5.91 Å². The van der Waals surface area contributed by atoms with Crippen LogP contribution in [0.4, 0.5) is 0 Å². The Kier molecular flexibility index (Phi) is 4.64. The van der Waals surface area contributed by atoms with Gasteiger partial charge in [-0.3, -0.25) is 4.79 Å². The van der Waals surface area contributed by atoms with Gasteiger partial charge in [0.25, 0.3) is 5.91 Å². The van der Waals surface area contributed by atoms with Crippen molar-refractivity contribution in [3.8, 4) is 0 Å². The van der Waals surface area contributed by atoms with E-state index in [1.54, 1.807) is 18.0 Å². The zero-order chi connectivity index (χ0) is 17.1. The van der Waals surface area contributed by atoms with E-state index in [0.29, 0.717) is 18.0 Å². The number of rotatable bonds is 6. The van der Waals surface area contributed by atoms with E-state index in [1.165, 1.54) is 0 Å². The number of benzene rings is 1. The predicted molar refractivity (Wildman–Crippen MR) is 91.9 cm³/mol. The van der Waals surface area contributed by atoms with Crippen molar-refractivity contribution in [3.05, 3.63) is 47.6 Å². The van der Waals surface area contributed by atoms with Crippen LogP contribution in [0, 0.1) is 6.92 Å². The maximum Gasteiger partial charge on any atom is 0.275 e. The molecule has 0 fully saturated rings. The number of aromatic nitrogens is 3. The molecular weight excluding hydrogens is 304 g/mol. The number of aryl methyl sites for hydroxylation is 1. The van der Waals surface area contributed by atoms with Crippen LogP contribution in [0.25, 0.3) is 11.0 Å². The Morgan fingerprint density at radius 3 is 2.92 bits per heavy atom. The van der Waals surface area contributed by atoms with Crippen LogP contribution >= 0.6 is 0 Å². The first-order valence-electron chi connectivity index (χ1n) is 8.23. The molecule has 1 amide bonds. The molecule has 3 rings (SSSR count). The number of carbonyl (C=O) groups excluding carboxylic acids is 1. The van der Waals surface area contributed by atoms with Gasteiger partial charge < -0.3 is 14.0 Å². The molecule has 2 aromatic heterocycles. The zero-order valence-corrected chi connectivity index (χ0v) is 14.3. The summed E-state index contributed by atoms with van der Waals surface area (Å²) in [7, 11) is 1.79. The maximum atomic E-state index is 12.3. The zero-order valence-electron chi connectivity index (χ0n) is 14.3. The Hall–Kier alpha value is -2.63. The number of carbonyl (C=O) groups is 1. The minimum atomic E-state index is -0.106. The highest BCUT2D eigenvalue weighted by atomic mass is 16.5. The number of imidazole rings is 1. The molecule has 0 atom stereocenters. The molecule has 0 aliphatic carbocycles. The van der Waals surface area contributed by atoms with E-state index in [0.717, 1.165) is 36.2 Å². The highest BCUT2D eigenvalue weighted by molar-refractivity contribution is 5.92. The fourth-order valence-electron chi connectivity index (χ4n) is 2.73. The number of unbranched alkanes of at least 4 members (excludes halogenated alkanes) is 1. The molecule has 2 heterocycles. The van der Waals surface area contributed by atoms with Gasteiger partial charge in [-0.25, -0.2) is 4.98 Å². The fraction of sp³-hybridized carbons (Fsp3) is 0.389. The highest BCUT2D eigenvalue weighted by Gasteiger charge is 2.17. The molecule has 0 aliphatic rings. The summed E-state index contributed by atoms with van der Waals surface area (Å²) in [6.45, 7) is 5.29. The topological polar surface area (TPSA) is 64.2 Å². The second kappa shape index (κ2) is 6.86. The first-order chi connectivity index (χ1) is 11.6. The predicted octanol–water partition coefficient (Wildman–Crippen LogP) is 3.25. The van der Waals surface area contributed by atoms with E-state index in [2.05, 4.69) is 21.6 Å². The molecule has 24 heavy (non-hydrogen) atoms. The minimum absolute atomic E-state index is 0.106. The van der Waals surface area contributed by atoms with Gasteiger partial charge in [0, 0.05) is 19.7 Å². The smallest absolute Gasteiger partial charge is 0.275 e. The van der Waals surface area contributed by atoms with Crippen molar-refractivity contribution in [3.63, 3.8) is 0 Å². The molecule has 6 heteroatoms. The molecule has 0 saturated heterocycles. The van der Waals surface area contributed by atoms with Gasteiger partial charge in [-0.2, -0.15) is 0 Å². The fourth-order valence-corrected chi connectivity index (χ4v) is 2.73. The van der Waals surface area contributed by atoms with Gasteiger partial charge in [0.05, 0.1) is 17.6 Å².